The first-order chi connectivity index (χ1) is 13.9. The second kappa shape index (κ2) is 9.19. The molecule has 0 aliphatic carbocycles. The molecule has 0 radical (unpaired) electrons. The van der Waals surface area contributed by atoms with Gasteiger partial charge in [-0.25, -0.2) is 8.42 Å². The number of amides is 2. The standard InChI is InChI=1S/C21H25N3O4S/c1-16-7-9-19(10-8-16)29(27,28)24-13-11-17(12-14-24)21(26)22-15-20(25)23-18-5-3-2-4-6-18/h2-10,17H,11-15H2,1H3,(H,22,26)(H,23,25). The van der Waals surface area contributed by atoms with Gasteiger partial charge in [-0.05, 0) is 44.0 Å². The van der Waals surface area contributed by atoms with Crippen molar-refractivity contribution in [3.63, 3.8) is 0 Å². The van der Waals surface area contributed by atoms with Gasteiger partial charge < -0.3 is 10.6 Å². The Morgan fingerprint density at radius 2 is 1.62 bits per heavy atom. The minimum atomic E-state index is -3.55. The third-order valence-electron chi connectivity index (χ3n) is 4.96. The highest BCUT2D eigenvalue weighted by atomic mass is 32.2. The molecule has 1 aliphatic rings. The van der Waals surface area contributed by atoms with E-state index in [1.165, 1.54) is 4.31 Å². The highest BCUT2D eigenvalue weighted by Crippen LogP contribution is 2.24. The second-order valence-corrected chi connectivity index (χ2v) is 9.06. The first kappa shape index (κ1) is 21.0. The number of piperidine rings is 1. The third-order valence-corrected chi connectivity index (χ3v) is 6.88. The fourth-order valence-electron chi connectivity index (χ4n) is 3.26. The average molecular weight is 416 g/mol. The molecule has 0 atom stereocenters. The van der Waals surface area contributed by atoms with Crippen LogP contribution in [0.15, 0.2) is 59.5 Å². The predicted octanol–water partition coefficient (Wildman–Crippen LogP) is 2.15. The summed E-state index contributed by atoms with van der Waals surface area (Å²) in [5, 5.41) is 5.35. The molecule has 0 aromatic heterocycles. The number of rotatable bonds is 6. The number of nitrogens with zero attached hydrogens (tertiary/aromatic N) is 1. The van der Waals surface area contributed by atoms with Crippen LogP contribution in [0.3, 0.4) is 0 Å². The topological polar surface area (TPSA) is 95.6 Å². The molecule has 0 bridgehead atoms. The number of carbonyl (C=O) groups excluding carboxylic acids is 2. The van der Waals surface area contributed by atoms with Crippen molar-refractivity contribution in [3.8, 4) is 0 Å². The van der Waals surface area contributed by atoms with E-state index in [4.69, 9.17) is 0 Å². The Bertz CT molecular complexity index is 951. The maximum Gasteiger partial charge on any atom is 0.243 e. The van der Waals surface area contributed by atoms with E-state index in [1.807, 2.05) is 25.1 Å². The molecule has 1 heterocycles. The van der Waals surface area contributed by atoms with Crippen molar-refractivity contribution in [1.29, 1.82) is 0 Å². The zero-order chi connectivity index (χ0) is 20.9. The molecule has 7 nitrogen and oxygen atoms in total. The molecule has 1 saturated heterocycles. The van der Waals surface area contributed by atoms with E-state index in [0.29, 0.717) is 18.5 Å². The lowest BCUT2D eigenvalue weighted by molar-refractivity contribution is -0.128. The van der Waals surface area contributed by atoms with Gasteiger partial charge in [-0.2, -0.15) is 4.31 Å². The molecule has 2 amide bonds. The van der Waals surface area contributed by atoms with E-state index < -0.39 is 10.0 Å². The van der Waals surface area contributed by atoms with Crippen LogP contribution in [0, 0.1) is 12.8 Å². The first-order valence-electron chi connectivity index (χ1n) is 9.56. The van der Waals surface area contributed by atoms with Crippen LogP contribution in [0.1, 0.15) is 18.4 Å². The van der Waals surface area contributed by atoms with Gasteiger partial charge in [-0.15, -0.1) is 0 Å². The van der Waals surface area contributed by atoms with Crippen molar-refractivity contribution in [2.24, 2.45) is 5.92 Å². The average Bonchev–Trinajstić information content (AvgIpc) is 2.73. The Morgan fingerprint density at radius 1 is 1.00 bits per heavy atom. The molecule has 3 rings (SSSR count). The number of benzene rings is 2. The van der Waals surface area contributed by atoms with Gasteiger partial charge in [0.15, 0.2) is 0 Å². The summed E-state index contributed by atoms with van der Waals surface area (Å²) in [6.45, 7) is 2.35. The summed E-state index contributed by atoms with van der Waals surface area (Å²) in [5.41, 5.74) is 1.66. The van der Waals surface area contributed by atoms with Crippen LogP contribution in [0.2, 0.25) is 0 Å². The highest BCUT2D eigenvalue weighted by molar-refractivity contribution is 7.89. The van der Waals surface area contributed by atoms with Crippen molar-refractivity contribution in [2.75, 3.05) is 25.0 Å². The van der Waals surface area contributed by atoms with Crippen molar-refractivity contribution in [2.45, 2.75) is 24.7 Å². The molecule has 8 heteroatoms. The summed E-state index contributed by atoms with van der Waals surface area (Å²) >= 11 is 0. The van der Waals surface area contributed by atoms with Crippen LogP contribution in [-0.2, 0) is 19.6 Å². The molecule has 0 unspecified atom stereocenters. The minimum Gasteiger partial charge on any atom is -0.347 e. The molecule has 2 N–H and O–H groups in total. The van der Waals surface area contributed by atoms with Gasteiger partial charge in [0.05, 0.1) is 11.4 Å². The van der Waals surface area contributed by atoms with Crippen LogP contribution in [0.5, 0.6) is 0 Å². The SMILES string of the molecule is Cc1ccc(S(=O)(=O)N2CCC(C(=O)NCC(=O)Nc3ccccc3)CC2)cc1. The van der Waals surface area contributed by atoms with Crippen molar-refractivity contribution in [3.05, 3.63) is 60.2 Å². The monoisotopic (exact) mass is 415 g/mol. The molecule has 1 fully saturated rings. The highest BCUT2D eigenvalue weighted by Gasteiger charge is 2.32. The van der Waals surface area contributed by atoms with Gasteiger partial charge in [0.25, 0.3) is 0 Å². The lowest BCUT2D eigenvalue weighted by atomic mass is 9.97. The molecule has 29 heavy (non-hydrogen) atoms. The Kier molecular flexibility index (Phi) is 6.66. The predicted molar refractivity (Wildman–Crippen MR) is 111 cm³/mol. The smallest absolute Gasteiger partial charge is 0.243 e. The number of anilines is 1. The maximum absolute atomic E-state index is 12.7. The number of aryl methyl sites for hydroxylation is 1. The lowest BCUT2D eigenvalue weighted by Gasteiger charge is -2.30. The van der Waals surface area contributed by atoms with Crippen molar-refractivity contribution in [1.82, 2.24) is 9.62 Å². The Labute approximate surface area is 171 Å². The Morgan fingerprint density at radius 3 is 2.24 bits per heavy atom. The molecule has 0 spiro atoms. The van der Waals surface area contributed by atoms with Crippen LogP contribution in [-0.4, -0.2) is 44.2 Å². The van der Waals surface area contributed by atoms with Gasteiger partial charge in [-0.1, -0.05) is 35.9 Å². The van der Waals surface area contributed by atoms with E-state index >= 15 is 0 Å². The van der Waals surface area contributed by atoms with Gasteiger partial charge in [0.2, 0.25) is 21.8 Å². The van der Waals surface area contributed by atoms with Gasteiger partial charge >= 0.3 is 0 Å². The van der Waals surface area contributed by atoms with Crippen LogP contribution >= 0.6 is 0 Å². The number of hydrogen-bond acceptors (Lipinski definition) is 4. The van der Waals surface area contributed by atoms with Crippen molar-refractivity contribution >= 4 is 27.5 Å². The second-order valence-electron chi connectivity index (χ2n) is 7.12. The normalized spacial score (nSPS) is 15.6. The number of carbonyl (C=O) groups is 2. The van der Waals surface area contributed by atoms with E-state index in [1.54, 1.807) is 36.4 Å². The van der Waals surface area contributed by atoms with Crippen LogP contribution < -0.4 is 10.6 Å². The van der Waals surface area contributed by atoms with Gasteiger partial charge in [-0.3, -0.25) is 9.59 Å². The number of nitrogens with one attached hydrogen (secondary N) is 2. The summed E-state index contributed by atoms with van der Waals surface area (Å²) < 4.78 is 26.9. The fourth-order valence-corrected chi connectivity index (χ4v) is 4.73. The molecule has 2 aromatic rings. The van der Waals surface area contributed by atoms with Crippen LogP contribution in [0.25, 0.3) is 0 Å². The number of para-hydroxylation sites is 1. The van der Waals surface area contributed by atoms with Crippen LogP contribution in [0.4, 0.5) is 5.69 Å². The fraction of sp³-hybridized carbons (Fsp3) is 0.333. The number of hydrogen-bond donors (Lipinski definition) is 2. The molecule has 154 valence electrons. The molecular formula is C21H25N3O4S. The van der Waals surface area contributed by atoms with Gasteiger partial charge in [0, 0.05) is 24.7 Å². The summed E-state index contributed by atoms with van der Waals surface area (Å²) in [5.74, 6) is -0.825. The quantitative estimate of drug-likeness (QED) is 0.756. The zero-order valence-corrected chi connectivity index (χ0v) is 17.1. The lowest BCUT2D eigenvalue weighted by Crippen LogP contribution is -2.44. The molecule has 0 saturated carbocycles. The third kappa shape index (κ3) is 5.42. The first-order valence-corrected chi connectivity index (χ1v) is 11.0. The molecule has 1 aliphatic heterocycles. The van der Waals surface area contributed by atoms with E-state index in [2.05, 4.69) is 10.6 Å². The van der Waals surface area contributed by atoms with Gasteiger partial charge in [0.1, 0.15) is 0 Å². The van der Waals surface area contributed by atoms with E-state index in [-0.39, 0.29) is 42.3 Å². The van der Waals surface area contributed by atoms with E-state index in [0.717, 1.165) is 5.56 Å². The maximum atomic E-state index is 12.7. The largest absolute Gasteiger partial charge is 0.347 e. The Hall–Kier alpha value is -2.71. The summed E-state index contributed by atoms with van der Waals surface area (Å²) in [4.78, 5) is 24.6. The molecule has 2 aromatic carbocycles. The Balaban J connectivity index is 1.48. The zero-order valence-electron chi connectivity index (χ0n) is 16.3. The summed E-state index contributed by atoms with van der Waals surface area (Å²) in [7, 11) is -3.55. The van der Waals surface area contributed by atoms with Crippen molar-refractivity contribution < 1.29 is 18.0 Å². The van der Waals surface area contributed by atoms with E-state index in [9.17, 15) is 18.0 Å². The number of sulfonamides is 1. The molecular weight excluding hydrogens is 390 g/mol. The summed E-state index contributed by atoms with van der Waals surface area (Å²) in [6.07, 6.45) is 0.856. The summed E-state index contributed by atoms with van der Waals surface area (Å²) in [6, 6.07) is 15.8. The minimum absolute atomic E-state index is 0.115.